The Hall–Kier alpha value is -3.03. The SMILES string of the molecule is COc1ccc(NC(=O)N2CCC(c3nc(C(=O)N4CCCCC4)c(C)o3)CC2)c(C)c1. The summed E-state index contributed by atoms with van der Waals surface area (Å²) in [5.41, 5.74) is 2.17. The summed E-state index contributed by atoms with van der Waals surface area (Å²) in [6, 6.07) is 5.48. The molecule has 4 rings (SSSR count). The first-order chi connectivity index (χ1) is 15.5. The van der Waals surface area contributed by atoms with Gasteiger partial charge in [-0.05, 0) is 69.7 Å². The van der Waals surface area contributed by atoms with Crippen LogP contribution < -0.4 is 10.1 Å². The third-order valence-corrected chi connectivity index (χ3v) is 6.47. The monoisotopic (exact) mass is 440 g/mol. The standard InChI is InChI=1S/C24H32N4O4/c1-16-15-19(31-3)7-8-20(16)25-24(30)28-13-9-18(10-14-28)22-26-21(17(2)32-22)23(29)27-11-5-4-6-12-27/h7-8,15,18H,4-6,9-14H2,1-3H3,(H,25,30). The maximum atomic E-state index is 12.8. The second kappa shape index (κ2) is 9.63. The van der Waals surface area contributed by atoms with E-state index in [2.05, 4.69) is 10.3 Å². The normalized spacial score (nSPS) is 17.3. The number of likely N-dealkylation sites (tertiary alicyclic amines) is 2. The number of aryl methyl sites for hydroxylation is 2. The molecule has 8 nitrogen and oxygen atoms in total. The molecule has 0 unspecified atom stereocenters. The maximum Gasteiger partial charge on any atom is 0.321 e. The Morgan fingerprint density at radius 3 is 2.44 bits per heavy atom. The van der Waals surface area contributed by atoms with Gasteiger partial charge in [-0.3, -0.25) is 4.79 Å². The molecular formula is C24H32N4O4. The van der Waals surface area contributed by atoms with E-state index in [1.165, 1.54) is 6.42 Å². The molecule has 0 spiro atoms. The Morgan fingerprint density at radius 2 is 1.78 bits per heavy atom. The van der Waals surface area contributed by atoms with Gasteiger partial charge in [0.2, 0.25) is 0 Å². The van der Waals surface area contributed by atoms with E-state index in [4.69, 9.17) is 9.15 Å². The number of piperidine rings is 2. The highest BCUT2D eigenvalue weighted by molar-refractivity contribution is 5.93. The minimum atomic E-state index is -0.110. The lowest BCUT2D eigenvalue weighted by Gasteiger charge is -2.30. The number of methoxy groups -OCH3 is 1. The van der Waals surface area contributed by atoms with Crippen LogP contribution in [0.15, 0.2) is 22.6 Å². The molecule has 0 aliphatic carbocycles. The zero-order chi connectivity index (χ0) is 22.7. The van der Waals surface area contributed by atoms with Crippen molar-refractivity contribution in [2.75, 3.05) is 38.6 Å². The van der Waals surface area contributed by atoms with Gasteiger partial charge in [-0.25, -0.2) is 9.78 Å². The number of amides is 3. The van der Waals surface area contributed by atoms with Crippen molar-refractivity contribution in [2.24, 2.45) is 0 Å². The topological polar surface area (TPSA) is 87.9 Å². The van der Waals surface area contributed by atoms with Crippen LogP contribution in [-0.4, -0.2) is 60.0 Å². The number of carbonyl (C=O) groups is 2. The fraction of sp³-hybridized carbons (Fsp3) is 0.542. The molecule has 8 heteroatoms. The number of nitrogens with zero attached hydrogens (tertiary/aromatic N) is 3. The second-order valence-corrected chi connectivity index (χ2v) is 8.68. The zero-order valence-corrected chi connectivity index (χ0v) is 19.1. The first-order valence-corrected chi connectivity index (χ1v) is 11.4. The van der Waals surface area contributed by atoms with Gasteiger partial charge in [0.15, 0.2) is 11.6 Å². The number of carbonyl (C=O) groups excluding carboxylic acids is 2. The first kappa shape index (κ1) is 22.2. The van der Waals surface area contributed by atoms with E-state index in [1.807, 2.05) is 41.8 Å². The lowest BCUT2D eigenvalue weighted by Crippen LogP contribution is -2.40. The van der Waals surface area contributed by atoms with E-state index in [0.29, 0.717) is 30.4 Å². The van der Waals surface area contributed by atoms with E-state index in [0.717, 1.165) is 55.8 Å². The molecule has 0 radical (unpaired) electrons. The highest BCUT2D eigenvalue weighted by Crippen LogP contribution is 2.30. The van der Waals surface area contributed by atoms with Crippen molar-refractivity contribution in [1.82, 2.24) is 14.8 Å². The molecule has 0 saturated carbocycles. The summed E-state index contributed by atoms with van der Waals surface area (Å²) in [6.45, 7) is 6.57. The van der Waals surface area contributed by atoms with Crippen molar-refractivity contribution < 1.29 is 18.7 Å². The number of ether oxygens (including phenoxy) is 1. The number of nitrogens with one attached hydrogen (secondary N) is 1. The average Bonchev–Trinajstić information content (AvgIpc) is 3.22. The van der Waals surface area contributed by atoms with Crippen LogP contribution in [0.2, 0.25) is 0 Å². The average molecular weight is 441 g/mol. The number of urea groups is 1. The predicted molar refractivity (Wildman–Crippen MR) is 121 cm³/mol. The van der Waals surface area contributed by atoms with E-state index < -0.39 is 0 Å². The molecule has 2 aliphatic rings. The maximum absolute atomic E-state index is 12.8. The van der Waals surface area contributed by atoms with Gasteiger partial charge in [-0.2, -0.15) is 0 Å². The van der Waals surface area contributed by atoms with Crippen LogP contribution in [0.5, 0.6) is 5.75 Å². The number of hydrogen-bond acceptors (Lipinski definition) is 5. The third-order valence-electron chi connectivity index (χ3n) is 6.47. The summed E-state index contributed by atoms with van der Waals surface area (Å²) >= 11 is 0. The number of benzene rings is 1. The minimum absolute atomic E-state index is 0.0242. The van der Waals surface area contributed by atoms with E-state index in [9.17, 15) is 9.59 Å². The van der Waals surface area contributed by atoms with Crippen LogP contribution in [0.4, 0.5) is 10.5 Å². The van der Waals surface area contributed by atoms with Crippen molar-refractivity contribution >= 4 is 17.6 Å². The predicted octanol–water partition coefficient (Wildman–Crippen LogP) is 4.34. The molecule has 1 aromatic heterocycles. The molecule has 3 amide bonds. The van der Waals surface area contributed by atoms with E-state index >= 15 is 0 Å². The summed E-state index contributed by atoms with van der Waals surface area (Å²) in [6.07, 6.45) is 4.79. The molecule has 1 N–H and O–H groups in total. The molecule has 3 heterocycles. The minimum Gasteiger partial charge on any atom is -0.497 e. The molecule has 2 fully saturated rings. The van der Waals surface area contributed by atoms with Crippen molar-refractivity contribution in [3.63, 3.8) is 0 Å². The molecule has 2 aliphatic heterocycles. The first-order valence-electron chi connectivity index (χ1n) is 11.4. The summed E-state index contributed by atoms with van der Waals surface area (Å²) in [7, 11) is 1.62. The largest absolute Gasteiger partial charge is 0.497 e. The van der Waals surface area contributed by atoms with Crippen molar-refractivity contribution in [1.29, 1.82) is 0 Å². The Labute approximate surface area is 188 Å². The quantitative estimate of drug-likeness (QED) is 0.764. The summed E-state index contributed by atoms with van der Waals surface area (Å²) < 4.78 is 11.1. The van der Waals surface area contributed by atoms with Crippen molar-refractivity contribution in [3.05, 3.63) is 41.1 Å². The molecule has 2 saturated heterocycles. The molecule has 2 aromatic rings. The Bertz CT molecular complexity index is 972. The van der Waals surface area contributed by atoms with Crippen LogP contribution >= 0.6 is 0 Å². The Morgan fingerprint density at radius 1 is 1.06 bits per heavy atom. The summed E-state index contributed by atoms with van der Waals surface area (Å²) in [5, 5.41) is 2.99. The smallest absolute Gasteiger partial charge is 0.321 e. The van der Waals surface area contributed by atoms with Gasteiger partial charge in [-0.1, -0.05) is 0 Å². The van der Waals surface area contributed by atoms with Crippen LogP contribution in [0.3, 0.4) is 0 Å². The van der Waals surface area contributed by atoms with Gasteiger partial charge in [0.1, 0.15) is 11.5 Å². The fourth-order valence-corrected chi connectivity index (χ4v) is 4.46. The van der Waals surface area contributed by atoms with Crippen LogP contribution in [-0.2, 0) is 0 Å². The number of rotatable bonds is 4. The van der Waals surface area contributed by atoms with Gasteiger partial charge >= 0.3 is 6.03 Å². The number of anilines is 1. The van der Waals surface area contributed by atoms with E-state index in [1.54, 1.807) is 7.11 Å². The Balaban J connectivity index is 1.34. The zero-order valence-electron chi connectivity index (χ0n) is 19.1. The second-order valence-electron chi connectivity index (χ2n) is 8.68. The molecule has 32 heavy (non-hydrogen) atoms. The fourth-order valence-electron chi connectivity index (χ4n) is 4.46. The van der Waals surface area contributed by atoms with Crippen LogP contribution in [0, 0.1) is 13.8 Å². The highest BCUT2D eigenvalue weighted by atomic mass is 16.5. The van der Waals surface area contributed by atoms with Crippen molar-refractivity contribution in [3.8, 4) is 5.75 Å². The van der Waals surface area contributed by atoms with Gasteiger partial charge in [0, 0.05) is 37.8 Å². The Kier molecular flexibility index (Phi) is 6.67. The van der Waals surface area contributed by atoms with Gasteiger partial charge in [-0.15, -0.1) is 0 Å². The molecule has 1 aromatic carbocycles. The molecule has 0 atom stereocenters. The lowest BCUT2D eigenvalue weighted by atomic mass is 9.97. The van der Waals surface area contributed by atoms with Gasteiger partial charge in [0.25, 0.3) is 5.91 Å². The van der Waals surface area contributed by atoms with Crippen molar-refractivity contribution in [2.45, 2.75) is 51.9 Å². The van der Waals surface area contributed by atoms with E-state index in [-0.39, 0.29) is 17.9 Å². The third kappa shape index (κ3) is 4.74. The number of aromatic nitrogens is 1. The van der Waals surface area contributed by atoms with Crippen LogP contribution in [0.1, 0.15) is 65.7 Å². The van der Waals surface area contributed by atoms with Gasteiger partial charge in [0.05, 0.1) is 7.11 Å². The van der Waals surface area contributed by atoms with Crippen LogP contribution in [0.25, 0.3) is 0 Å². The molecule has 172 valence electrons. The number of hydrogen-bond donors (Lipinski definition) is 1. The molecule has 0 bridgehead atoms. The highest BCUT2D eigenvalue weighted by Gasteiger charge is 2.30. The summed E-state index contributed by atoms with van der Waals surface area (Å²) in [5.74, 6) is 2.06. The molecular weight excluding hydrogens is 408 g/mol. The lowest BCUT2D eigenvalue weighted by molar-refractivity contribution is 0.0717. The summed E-state index contributed by atoms with van der Waals surface area (Å²) in [4.78, 5) is 33.8. The van der Waals surface area contributed by atoms with Gasteiger partial charge < -0.3 is 24.3 Å². The number of oxazole rings is 1.